The van der Waals surface area contributed by atoms with Crippen LogP contribution in [-0.2, 0) is 35.6 Å². The number of carbonyl (C=O) groups excluding carboxylic acids is 4. The molecule has 0 spiro atoms. The number of nitrogens with one attached hydrogen (secondary N) is 3. The predicted octanol–water partition coefficient (Wildman–Crippen LogP) is 5.10. The lowest BCUT2D eigenvalue weighted by Gasteiger charge is -2.36. The van der Waals surface area contributed by atoms with E-state index in [-0.39, 0.29) is 31.4 Å². The van der Waals surface area contributed by atoms with Crippen LogP contribution in [0.2, 0.25) is 0 Å². The second-order valence-electron chi connectivity index (χ2n) is 19.5. The van der Waals surface area contributed by atoms with Gasteiger partial charge >= 0.3 is 6.09 Å². The summed E-state index contributed by atoms with van der Waals surface area (Å²) < 4.78 is 60.1. The summed E-state index contributed by atoms with van der Waals surface area (Å²) in [5, 5.41) is 6.41. The van der Waals surface area contributed by atoms with E-state index in [1.54, 1.807) is 27.7 Å². The van der Waals surface area contributed by atoms with Crippen LogP contribution in [0.3, 0.4) is 0 Å². The summed E-state index contributed by atoms with van der Waals surface area (Å²) in [6, 6.07) is 5.32. The molecule has 4 heterocycles. The summed E-state index contributed by atoms with van der Waals surface area (Å²) in [4.78, 5) is 65.0. The van der Waals surface area contributed by atoms with Crippen LogP contribution < -0.4 is 24.8 Å². The highest BCUT2D eigenvalue weighted by Crippen LogP contribution is 2.43. The molecule has 7 rings (SSSR count). The van der Waals surface area contributed by atoms with E-state index in [9.17, 15) is 32.0 Å². The number of aromatic nitrogens is 1. The topological polar surface area (TPSA) is 186 Å². The maximum Gasteiger partial charge on any atom is 0.408 e. The van der Waals surface area contributed by atoms with Crippen molar-refractivity contribution in [1.82, 2.24) is 30.1 Å². The van der Waals surface area contributed by atoms with E-state index < -0.39 is 73.9 Å². The quantitative estimate of drug-likeness (QED) is 0.190. The van der Waals surface area contributed by atoms with Crippen LogP contribution in [0.4, 0.5) is 9.18 Å². The Morgan fingerprint density at radius 3 is 2.52 bits per heavy atom. The fraction of sp³-hybridized carbons (Fsp3) is 0.667. The predicted molar refractivity (Wildman–Crippen MR) is 231 cm³/mol. The summed E-state index contributed by atoms with van der Waals surface area (Å²) in [5.41, 5.74) is -1.17. The number of hydrogen-bond acceptors (Lipinski definition) is 11. The second kappa shape index (κ2) is 17.9. The molecular formula is C45H63FN6O9S. The first kappa shape index (κ1) is 45.5. The molecule has 6 atom stereocenters. The molecule has 2 aliphatic carbocycles. The summed E-state index contributed by atoms with van der Waals surface area (Å²) in [7, 11) is -4.05. The number of nitrogens with zero attached hydrogens (tertiary/aromatic N) is 3. The Hall–Kier alpha value is -4.51. The van der Waals surface area contributed by atoms with E-state index in [4.69, 9.17) is 19.2 Å². The molecule has 2 aromatic rings. The molecule has 62 heavy (non-hydrogen) atoms. The van der Waals surface area contributed by atoms with Gasteiger partial charge < -0.3 is 29.7 Å². The Kier molecular flexibility index (Phi) is 13.2. The zero-order chi connectivity index (χ0) is 44.6. The Labute approximate surface area is 364 Å². The molecule has 4 amide bonds. The van der Waals surface area contributed by atoms with Crippen molar-refractivity contribution in [1.29, 1.82) is 0 Å². The minimum absolute atomic E-state index is 0.0136. The number of sulfonamides is 1. The zero-order valence-electron chi connectivity index (χ0n) is 36.7. The van der Waals surface area contributed by atoms with Crippen molar-refractivity contribution in [2.45, 2.75) is 146 Å². The normalized spacial score (nSPS) is 26.7. The average Bonchev–Trinajstić information content (AvgIpc) is 4.09. The number of alkyl carbamates (subject to hydrolysis) is 1. The van der Waals surface area contributed by atoms with Crippen molar-refractivity contribution >= 4 is 44.7 Å². The van der Waals surface area contributed by atoms with Gasteiger partial charge in [-0.2, -0.15) is 0 Å². The molecule has 5 aliphatic rings. The lowest BCUT2D eigenvalue weighted by atomic mass is 9.85. The fourth-order valence-electron chi connectivity index (χ4n) is 8.67. The first-order valence-electron chi connectivity index (χ1n) is 22.2. The van der Waals surface area contributed by atoms with Crippen LogP contribution in [0.1, 0.15) is 104 Å². The van der Waals surface area contributed by atoms with Gasteiger partial charge in [0, 0.05) is 31.4 Å². The smallest absolute Gasteiger partial charge is 0.408 e. The van der Waals surface area contributed by atoms with Crippen LogP contribution in [-0.4, -0.2) is 121 Å². The molecule has 17 heteroatoms. The van der Waals surface area contributed by atoms with Crippen molar-refractivity contribution in [2.75, 3.05) is 32.8 Å². The number of ether oxygens (including phenoxy) is 3. The van der Waals surface area contributed by atoms with Crippen molar-refractivity contribution in [3.63, 3.8) is 0 Å². The van der Waals surface area contributed by atoms with E-state index in [1.807, 2.05) is 24.3 Å². The molecule has 2 saturated carbocycles. The van der Waals surface area contributed by atoms with Gasteiger partial charge in [-0.3, -0.25) is 24.0 Å². The third-order valence-electron chi connectivity index (χ3n) is 13.1. The van der Waals surface area contributed by atoms with Gasteiger partial charge in [-0.25, -0.2) is 22.6 Å². The Bertz CT molecular complexity index is 2160. The number of rotatable bonds is 12. The minimum Gasteiger partial charge on any atom is -0.492 e. The molecule has 0 radical (unpaired) electrons. The van der Waals surface area contributed by atoms with E-state index in [0.717, 1.165) is 43.1 Å². The van der Waals surface area contributed by atoms with Gasteiger partial charge in [-0.05, 0) is 88.7 Å². The second-order valence-corrected chi connectivity index (χ2v) is 21.7. The average molecular weight is 883 g/mol. The van der Waals surface area contributed by atoms with Gasteiger partial charge in [0.15, 0.2) is 0 Å². The zero-order valence-corrected chi connectivity index (χ0v) is 37.5. The molecule has 340 valence electrons. The lowest BCUT2D eigenvalue weighted by Crippen LogP contribution is -2.63. The number of carbonyl (C=O) groups is 4. The molecule has 4 fully saturated rings. The van der Waals surface area contributed by atoms with Gasteiger partial charge in [0.2, 0.25) is 27.7 Å². The number of amides is 4. The summed E-state index contributed by atoms with van der Waals surface area (Å²) in [6.07, 6.45) is 5.09. The van der Waals surface area contributed by atoms with E-state index >= 15 is 0 Å². The molecule has 2 saturated heterocycles. The van der Waals surface area contributed by atoms with Crippen LogP contribution in [0, 0.1) is 11.3 Å². The van der Waals surface area contributed by atoms with Crippen LogP contribution >= 0.6 is 0 Å². The molecule has 15 nitrogen and oxygen atoms in total. The number of alkyl halides is 1. The monoisotopic (exact) mass is 882 g/mol. The third kappa shape index (κ3) is 10.1. The number of pyridine rings is 1. The first-order chi connectivity index (χ1) is 29.3. The number of para-hydroxylation sites is 1. The molecule has 3 N–H and O–H groups in total. The molecule has 1 aromatic heterocycles. The van der Waals surface area contributed by atoms with Crippen molar-refractivity contribution in [3.05, 3.63) is 42.5 Å². The number of benzene rings is 1. The van der Waals surface area contributed by atoms with Crippen LogP contribution in [0.5, 0.6) is 11.6 Å². The number of fused-ring (bicyclic) bond motifs is 5. The molecular weight excluding hydrogens is 820 g/mol. The lowest BCUT2D eigenvalue weighted by molar-refractivity contribution is -0.143. The van der Waals surface area contributed by atoms with Crippen molar-refractivity contribution < 1.29 is 46.2 Å². The highest BCUT2D eigenvalue weighted by atomic mass is 32.2. The summed E-state index contributed by atoms with van der Waals surface area (Å²) >= 11 is 0. The maximum atomic E-state index is 14.8. The number of halogens is 1. The van der Waals surface area contributed by atoms with Gasteiger partial charge in [-0.15, -0.1) is 6.58 Å². The van der Waals surface area contributed by atoms with E-state index in [0.29, 0.717) is 69.1 Å². The van der Waals surface area contributed by atoms with Crippen molar-refractivity contribution in [3.8, 4) is 11.6 Å². The van der Waals surface area contributed by atoms with Gasteiger partial charge in [-0.1, -0.05) is 51.8 Å². The fourth-order valence-corrected chi connectivity index (χ4v) is 10.0. The molecule has 2 bridgehead atoms. The highest BCUT2D eigenvalue weighted by Gasteiger charge is 2.53. The maximum absolute atomic E-state index is 14.8. The highest BCUT2D eigenvalue weighted by molar-refractivity contribution is 7.91. The Morgan fingerprint density at radius 1 is 1.08 bits per heavy atom. The van der Waals surface area contributed by atoms with E-state index in [1.165, 1.54) is 17.9 Å². The largest absolute Gasteiger partial charge is 0.492 e. The molecule has 1 aromatic carbocycles. The number of likely N-dealkylation sites (tertiary alicyclic amines) is 1. The van der Waals surface area contributed by atoms with Gasteiger partial charge in [0.1, 0.15) is 41.8 Å². The van der Waals surface area contributed by atoms with Gasteiger partial charge in [0.05, 0.1) is 29.0 Å². The number of hydrogen-bond donors (Lipinski definition) is 3. The van der Waals surface area contributed by atoms with E-state index in [2.05, 4.69) is 26.8 Å². The SMILES string of the molecule is C=CC[C@@](C)(NC(=O)C1C[C@@H]2CN1C(=O)[C@H](C(C)(C)C)NC(=O)O[C@@H]1C[C@H]1CCCCCc1c(nc3ccccc3c1OCCCN1CC(F)C1)O2)C(=O)NS(=O)(=O)C1(C)CC1. The minimum atomic E-state index is -4.05. The van der Waals surface area contributed by atoms with Gasteiger partial charge in [0.25, 0.3) is 5.91 Å². The molecule has 1 unspecified atom stereocenters. The van der Waals surface area contributed by atoms with Crippen molar-refractivity contribution in [2.24, 2.45) is 11.3 Å². The molecule has 3 aliphatic heterocycles. The first-order valence-corrected chi connectivity index (χ1v) is 23.6. The summed E-state index contributed by atoms with van der Waals surface area (Å²) in [6.45, 7) is 14.0. The van der Waals surface area contributed by atoms with Crippen LogP contribution in [0.25, 0.3) is 10.9 Å². The van der Waals surface area contributed by atoms with Crippen LogP contribution in [0.15, 0.2) is 36.9 Å². The summed E-state index contributed by atoms with van der Waals surface area (Å²) in [5.74, 6) is -0.987. The Balaban J connectivity index is 1.22. The standard InChI is InChI=1S/C45H63FN6O9S/c1-7-18-45(6,41(55)50-62(57,58)44(5)19-20-44)49-38(53)34-24-30-27-52(34)40(54)37(43(2,3)4)48-42(56)61-35-23-28(35)14-9-8-10-16-32-36(59-22-13-21-51-25-29(46)26-51)31-15-11-12-17-33(31)47-39(32)60-30/h7,11-12,15,17,28-30,34-35,37H,1,8-10,13-14,16,18-27H2,2-6H3,(H,48,56)(H,49,53)(H,50,55)/t28-,30-,34?,35-,37-,45-/m1/s1. The third-order valence-corrected chi connectivity index (χ3v) is 15.2. The Morgan fingerprint density at radius 2 is 1.82 bits per heavy atom.